The highest BCUT2D eigenvalue weighted by molar-refractivity contribution is 6.04. The number of anilines is 1. The Hall–Kier alpha value is -3.02. The quantitative estimate of drug-likeness (QED) is 0.847. The van der Waals surface area contributed by atoms with Crippen LogP contribution in [0.4, 0.5) is 5.69 Å². The molecule has 136 valence electrons. The Balaban J connectivity index is 1.85. The molecule has 26 heavy (non-hydrogen) atoms. The van der Waals surface area contributed by atoms with Crippen molar-refractivity contribution in [1.29, 1.82) is 0 Å². The first-order valence-corrected chi connectivity index (χ1v) is 8.47. The van der Waals surface area contributed by atoms with Crippen LogP contribution in [0.2, 0.25) is 0 Å². The highest BCUT2D eigenvalue weighted by atomic mass is 16.5. The molecule has 0 aliphatic carbocycles. The van der Waals surface area contributed by atoms with Gasteiger partial charge in [-0.3, -0.25) is 9.59 Å². The minimum absolute atomic E-state index is 0.135. The predicted octanol–water partition coefficient (Wildman–Crippen LogP) is 2.58. The van der Waals surface area contributed by atoms with Crippen molar-refractivity contribution < 1.29 is 19.1 Å². The molecule has 0 radical (unpaired) electrons. The summed E-state index contributed by atoms with van der Waals surface area (Å²) in [6.45, 7) is 2.59. The SMILES string of the molecule is COc1ccccc1C(=O)N1CCN(c2ccccc2OC)C(=O)[C@H]1C. The minimum atomic E-state index is -0.578. The van der Waals surface area contributed by atoms with Crippen molar-refractivity contribution in [1.82, 2.24) is 4.90 Å². The van der Waals surface area contributed by atoms with Crippen molar-refractivity contribution in [2.24, 2.45) is 0 Å². The van der Waals surface area contributed by atoms with Crippen LogP contribution in [0.15, 0.2) is 48.5 Å². The third kappa shape index (κ3) is 3.10. The minimum Gasteiger partial charge on any atom is -0.496 e. The van der Waals surface area contributed by atoms with Crippen LogP contribution >= 0.6 is 0 Å². The van der Waals surface area contributed by atoms with E-state index in [2.05, 4.69) is 0 Å². The van der Waals surface area contributed by atoms with Crippen LogP contribution in [-0.4, -0.2) is 50.1 Å². The average Bonchev–Trinajstić information content (AvgIpc) is 2.69. The molecule has 0 unspecified atom stereocenters. The van der Waals surface area contributed by atoms with E-state index in [4.69, 9.17) is 9.47 Å². The number of piperazine rings is 1. The van der Waals surface area contributed by atoms with Crippen molar-refractivity contribution in [3.8, 4) is 11.5 Å². The van der Waals surface area contributed by atoms with Crippen molar-refractivity contribution in [2.45, 2.75) is 13.0 Å². The maximum atomic E-state index is 13.0. The first kappa shape index (κ1) is 17.8. The topological polar surface area (TPSA) is 59.1 Å². The first-order chi connectivity index (χ1) is 12.6. The van der Waals surface area contributed by atoms with Crippen LogP contribution < -0.4 is 14.4 Å². The van der Waals surface area contributed by atoms with E-state index in [-0.39, 0.29) is 11.8 Å². The van der Waals surface area contributed by atoms with E-state index < -0.39 is 6.04 Å². The largest absolute Gasteiger partial charge is 0.496 e. The number of carbonyl (C=O) groups is 2. The summed E-state index contributed by atoms with van der Waals surface area (Å²) in [7, 11) is 3.11. The summed E-state index contributed by atoms with van der Waals surface area (Å²) in [6, 6.07) is 13.9. The number of para-hydroxylation sites is 3. The van der Waals surface area contributed by atoms with Crippen LogP contribution in [0.5, 0.6) is 11.5 Å². The van der Waals surface area contributed by atoms with Crippen LogP contribution in [0.3, 0.4) is 0 Å². The lowest BCUT2D eigenvalue weighted by Gasteiger charge is -2.39. The molecular formula is C20H22N2O4. The molecule has 0 saturated carbocycles. The van der Waals surface area contributed by atoms with E-state index in [0.717, 1.165) is 5.69 Å². The molecule has 2 aromatic rings. The molecule has 1 saturated heterocycles. The van der Waals surface area contributed by atoms with Gasteiger partial charge in [-0.1, -0.05) is 24.3 Å². The Labute approximate surface area is 152 Å². The van der Waals surface area contributed by atoms with Gasteiger partial charge in [0.2, 0.25) is 5.91 Å². The molecule has 1 aliphatic rings. The molecule has 1 fully saturated rings. The number of ether oxygens (including phenoxy) is 2. The van der Waals surface area contributed by atoms with Crippen LogP contribution in [0.1, 0.15) is 17.3 Å². The maximum Gasteiger partial charge on any atom is 0.258 e. The van der Waals surface area contributed by atoms with E-state index in [1.165, 1.54) is 7.11 Å². The zero-order valence-corrected chi connectivity index (χ0v) is 15.1. The fourth-order valence-corrected chi connectivity index (χ4v) is 3.22. The number of benzene rings is 2. The summed E-state index contributed by atoms with van der Waals surface area (Å²) < 4.78 is 10.6. The molecule has 2 aromatic carbocycles. The van der Waals surface area contributed by atoms with Gasteiger partial charge in [0, 0.05) is 13.1 Å². The number of nitrogens with zero attached hydrogens (tertiary/aromatic N) is 2. The van der Waals surface area contributed by atoms with E-state index >= 15 is 0 Å². The standard InChI is InChI=1S/C20H22N2O4/c1-14-19(23)22(16-9-5-7-11-18(16)26-3)13-12-21(14)20(24)15-8-4-6-10-17(15)25-2/h4-11,14H,12-13H2,1-3H3/t14-/m1/s1. The zero-order valence-electron chi connectivity index (χ0n) is 15.1. The molecule has 6 nitrogen and oxygen atoms in total. The average molecular weight is 354 g/mol. The fourth-order valence-electron chi connectivity index (χ4n) is 3.22. The highest BCUT2D eigenvalue weighted by Gasteiger charge is 2.36. The number of carbonyl (C=O) groups excluding carboxylic acids is 2. The van der Waals surface area contributed by atoms with Gasteiger partial charge in [-0.25, -0.2) is 0 Å². The normalized spacial score (nSPS) is 17.2. The fraction of sp³-hybridized carbons (Fsp3) is 0.300. The lowest BCUT2D eigenvalue weighted by atomic mass is 10.1. The molecule has 1 heterocycles. The molecule has 2 amide bonds. The van der Waals surface area contributed by atoms with E-state index in [1.54, 1.807) is 42.0 Å². The van der Waals surface area contributed by atoms with E-state index in [1.807, 2.05) is 30.3 Å². The van der Waals surface area contributed by atoms with Crippen molar-refractivity contribution in [3.05, 3.63) is 54.1 Å². The second-order valence-electron chi connectivity index (χ2n) is 6.04. The van der Waals surface area contributed by atoms with Gasteiger partial charge in [0.1, 0.15) is 17.5 Å². The van der Waals surface area contributed by atoms with Crippen molar-refractivity contribution >= 4 is 17.5 Å². The van der Waals surface area contributed by atoms with Gasteiger partial charge in [0.25, 0.3) is 5.91 Å². The monoisotopic (exact) mass is 354 g/mol. The molecule has 0 N–H and O–H groups in total. The third-order valence-electron chi connectivity index (χ3n) is 4.63. The zero-order chi connectivity index (χ0) is 18.7. The van der Waals surface area contributed by atoms with Crippen LogP contribution in [0, 0.1) is 0 Å². The first-order valence-electron chi connectivity index (χ1n) is 8.47. The summed E-state index contributed by atoms with van der Waals surface area (Å²) in [4.78, 5) is 29.2. The second-order valence-corrected chi connectivity index (χ2v) is 6.04. The van der Waals surface area contributed by atoms with Crippen molar-refractivity contribution in [2.75, 3.05) is 32.2 Å². The Bertz CT molecular complexity index is 821. The van der Waals surface area contributed by atoms with Gasteiger partial charge >= 0.3 is 0 Å². The molecule has 0 spiro atoms. The Morgan fingerprint density at radius 2 is 1.58 bits per heavy atom. The number of hydrogen-bond acceptors (Lipinski definition) is 4. The van der Waals surface area contributed by atoms with Gasteiger partial charge < -0.3 is 19.3 Å². The molecule has 1 atom stereocenters. The molecule has 0 bridgehead atoms. The Morgan fingerprint density at radius 3 is 2.27 bits per heavy atom. The van der Waals surface area contributed by atoms with E-state index in [0.29, 0.717) is 30.2 Å². The molecule has 3 rings (SSSR count). The molecular weight excluding hydrogens is 332 g/mol. The molecule has 0 aromatic heterocycles. The molecule has 6 heteroatoms. The van der Waals surface area contributed by atoms with Gasteiger partial charge in [-0.15, -0.1) is 0 Å². The summed E-state index contributed by atoms with van der Waals surface area (Å²) in [6.07, 6.45) is 0. The van der Waals surface area contributed by atoms with Gasteiger partial charge in [-0.05, 0) is 31.2 Å². The lowest BCUT2D eigenvalue weighted by molar-refractivity contribution is -0.124. The number of rotatable bonds is 4. The predicted molar refractivity (Wildman–Crippen MR) is 98.8 cm³/mol. The third-order valence-corrected chi connectivity index (χ3v) is 4.63. The van der Waals surface area contributed by atoms with Crippen LogP contribution in [0.25, 0.3) is 0 Å². The summed E-state index contributed by atoms with van der Waals surface area (Å²) in [5.41, 5.74) is 1.18. The summed E-state index contributed by atoms with van der Waals surface area (Å²) in [5.74, 6) is 0.800. The number of hydrogen-bond donors (Lipinski definition) is 0. The lowest BCUT2D eigenvalue weighted by Crippen LogP contribution is -2.57. The second kappa shape index (κ2) is 7.47. The summed E-state index contributed by atoms with van der Waals surface area (Å²) in [5, 5.41) is 0. The number of amides is 2. The van der Waals surface area contributed by atoms with Gasteiger partial charge in [0.15, 0.2) is 0 Å². The summed E-state index contributed by atoms with van der Waals surface area (Å²) >= 11 is 0. The van der Waals surface area contributed by atoms with Gasteiger partial charge in [0.05, 0.1) is 25.5 Å². The van der Waals surface area contributed by atoms with Crippen LogP contribution in [-0.2, 0) is 4.79 Å². The number of methoxy groups -OCH3 is 2. The smallest absolute Gasteiger partial charge is 0.258 e. The maximum absolute atomic E-state index is 13.0. The molecule has 1 aliphatic heterocycles. The van der Waals surface area contributed by atoms with Gasteiger partial charge in [-0.2, -0.15) is 0 Å². The highest BCUT2D eigenvalue weighted by Crippen LogP contribution is 2.31. The Kier molecular flexibility index (Phi) is 5.11. The van der Waals surface area contributed by atoms with E-state index in [9.17, 15) is 9.59 Å². The van der Waals surface area contributed by atoms with Crippen molar-refractivity contribution in [3.63, 3.8) is 0 Å². The Morgan fingerprint density at radius 1 is 0.962 bits per heavy atom.